The fourth-order valence-corrected chi connectivity index (χ4v) is 1.77. The molecule has 1 aromatic rings. The summed E-state index contributed by atoms with van der Waals surface area (Å²) in [6, 6.07) is 7.44. The van der Waals surface area contributed by atoms with E-state index in [0.717, 1.165) is 5.75 Å². The maximum atomic E-state index is 11.8. The van der Waals surface area contributed by atoms with Crippen LogP contribution >= 0.6 is 11.6 Å². The van der Waals surface area contributed by atoms with E-state index in [1.807, 2.05) is 31.0 Å². The molecule has 0 aliphatic heterocycles. The van der Waals surface area contributed by atoms with Gasteiger partial charge in [-0.25, -0.2) is 0 Å². The van der Waals surface area contributed by atoms with Gasteiger partial charge in [0.1, 0.15) is 12.4 Å². The number of amides is 1. The standard InChI is InChI=1S/C16H25ClN2O2/c1-12(2)13(3)18-16(20)11-19(4)9-10-21-15-7-5-14(17)6-8-15/h5-8,12-13H,9-11H2,1-4H3,(H,18,20). The van der Waals surface area contributed by atoms with Crippen LogP contribution in [0.5, 0.6) is 5.75 Å². The van der Waals surface area contributed by atoms with Crippen molar-refractivity contribution in [2.45, 2.75) is 26.8 Å². The Morgan fingerprint density at radius 1 is 1.29 bits per heavy atom. The molecular weight excluding hydrogens is 288 g/mol. The molecule has 1 rings (SSSR count). The lowest BCUT2D eigenvalue weighted by atomic mass is 10.1. The van der Waals surface area contributed by atoms with Gasteiger partial charge in [0.15, 0.2) is 0 Å². The minimum atomic E-state index is 0.0465. The third-order valence-electron chi connectivity index (χ3n) is 3.36. The molecule has 0 aromatic heterocycles. The molecule has 0 saturated heterocycles. The molecule has 0 radical (unpaired) electrons. The number of hydrogen-bond donors (Lipinski definition) is 1. The van der Waals surface area contributed by atoms with Gasteiger partial charge in [-0.1, -0.05) is 25.4 Å². The number of carbonyl (C=O) groups is 1. The molecule has 1 aromatic carbocycles. The Hall–Kier alpha value is -1.26. The van der Waals surface area contributed by atoms with Gasteiger partial charge in [-0.15, -0.1) is 0 Å². The molecule has 0 saturated carbocycles. The smallest absolute Gasteiger partial charge is 0.234 e. The second-order valence-electron chi connectivity index (χ2n) is 5.64. The molecule has 5 heteroatoms. The highest BCUT2D eigenvalue weighted by Gasteiger charge is 2.12. The second-order valence-corrected chi connectivity index (χ2v) is 6.08. The lowest BCUT2D eigenvalue weighted by Crippen LogP contribution is -2.42. The maximum absolute atomic E-state index is 11.8. The predicted octanol–water partition coefficient (Wildman–Crippen LogP) is 2.81. The van der Waals surface area contributed by atoms with Gasteiger partial charge in [-0.3, -0.25) is 9.69 Å². The topological polar surface area (TPSA) is 41.6 Å². The van der Waals surface area contributed by atoms with Gasteiger partial charge in [0.25, 0.3) is 0 Å². The van der Waals surface area contributed by atoms with Crippen LogP contribution in [-0.4, -0.2) is 43.6 Å². The Kier molecular flexibility index (Phi) is 7.54. The van der Waals surface area contributed by atoms with Gasteiger partial charge >= 0.3 is 0 Å². The van der Waals surface area contributed by atoms with Crippen LogP contribution in [0, 0.1) is 5.92 Å². The van der Waals surface area contributed by atoms with Gasteiger partial charge in [-0.05, 0) is 44.2 Å². The van der Waals surface area contributed by atoms with Crippen molar-refractivity contribution >= 4 is 17.5 Å². The molecule has 1 amide bonds. The Morgan fingerprint density at radius 2 is 1.90 bits per heavy atom. The molecule has 0 heterocycles. The van der Waals surface area contributed by atoms with E-state index in [1.165, 1.54) is 0 Å². The summed E-state index contributed by atoms with van der Waals surface area (Å²) in [6.45, 7) is 7.80. The number of ether oxygens (including phenoxy) is 1. The SMILES string of the molecule is CC(C)C(C)NC(=O)CN(C)CCOc1ccc(Cl)cc1. The van der Waals surface area contributed by atoms with Crippen molar-refractivity contribution in [1.82, 2.24) is 10.2 Å². The number of likely N-dealkylation sites (N-methyl/N-ethyl adjacent to an activating group) is 1. The largest absolute Gasteiger partial charge is 0.492 e. The van der Waals surface area contributed by atoms with E-state index in [2.05, 4.69) is 19.2 Å². The van der Waals surface area contributed by atoms with Crippen LogP contribution in [0.2, 0.25) is 5.02 Å². The quantitative estimate of drug-likeness (QED) is 0.802. The van der Waals surface area contributed by atoms with E-state index in [4.69, 9.17) is 16.3 Å². The first-order chi connectivity index (χ1) is 9.88. The highest BCUT2D eigenvalue weighted by Crippen LogP contribution is 2.15. The van der Waals surface area contributed by atoms with Crippen molar-refractivity contribution in [3.05, 3.63) is 29.3 Å². The molecular formula is C16H25ClN2O2. The molecule has 0 aliphatic rings. The second kappa shape index (κ2) is 8.90. The van der Waals surface area contributed by atoms with Crippen LogP contribution in [0.3, 0.4) is 0 Å². The Labute approximate surface area is 132 Å². The molecule has 21 heavy (non-hydrogen) atoms. The Bertz CT molecular complexity index is 434. The summed E-state index contributed by atoms with van der Waals surface area (Å²) < 4.78 is 5.60. The third kappa shape index (κ3) is 7.34. The van der Waals surface area contributed by atoms with E-state index in [0.29, 0.717) is 30.6 Å². The first-order valence-corrected chi connectivity index (χ1v) is 7.62. The number of halogens is 1. The molecule has 1 unspecified atom stereocenters. The average Bonchev–Trinajstić information content (AvgIpc) is 2.40. The van der Waals surface area contributed by atoms with Crippen molar-refractivity contribution in [2.24, 2.45) is 5.92 Å². The fourth-order valence-electron chi connectivity index (χ4n) is 1.64. The van der Waals surface area contributed by atoms with Crippen LogP contribution in [0.15, 0.2) is 24.3 Å². The lowest BCUT2D eigenvalue weighted by molar-refractivity contribution is -0.122. The first kappa shape index (κ1) is 17.8. The molecule has 0 bridgehead atoms. The number of rotatable bonds is 8. The fraction of sp³-hybridized carbons (Fsp3) is 0.562. The molecule has 118 valence electrons. The molecule has 1 N–H and O–H groups in total. The lowest BCUT2D eigenvalue weighted by Gasteiger charge is -2.21. The van der Waals surface area contributed by atoms with Crippen LogP contribution in [-0.2, 0) is 4.79 Å². The summed E-state index contributed by atoms with van der Waals surface area (Å²) in [5, 5.41) is 3.68. The zero-order chi connectivity index (χ0) is 15.8. The number of hydrogen-bond acceptors (Lipinski definition) is 3. The Balaban J connectivity index is 2.23. The van der Waals surface area contributed by atoms with Gasteiger partial charge in [0, 0.05) is 17.6 Å². The van der Waals surface area contributed by atoms with E-state index in [9.17, 15) is 4.79 Å². The van der Waals surface area contributed by atoms with Crippen molar-refractivity contribution in [3.63, 3.8) is 0 Å². The van der Waals surface area contributed by atoms with Crippen LogP contribution < -0.4 is 10.1 Å². The van der Waals surface area contributed by atoms with Crippen molar-refractivity contribution in [1.29, 1.82) is 0 Å². The zero-order valence-corrected chi connectivity index (χ0v) is 14.0. The van der Waals surface area contributed by atoms with E-state index in [-0.39, 0.29) is 11.9 Å². The average molecular weight is 313 g/mol. The van der Waals surface area contributed by atoms with E-state index in [1.54, 1.807) is 12.1 Å². The molecule has 1 atom stereocenters. The summed E-state index contributed by atoms with van der Waals surface area (Å²) in [7, 11) is 1.91. The van der Waals surface area contributed by atoms with Crippen molar-refractivity contribution < 1.29 is 9.53 Å². The number of nitrogens with one attached hydrogen (secondary N) is 1. The van der Waals surface area contributed by atoms with E-state index < -0.39 is 0 Å². The zero-order valence-electron chi connectivity index (χ0n) is 13.2. The third-order valence-corrected chi connectivity index (χ3v) is 3.61. The molecule has 0 spiro atoms. The monoisotopic (exact) mass is 312 g/mol. The van der Waals surface area contributed by atoms with Gasteiger partial charge in [-0.2, -0.15) is 0 Å². The minimum Gasteiger partial charge on any atom is -0.492 e. The van der Waals surface area contributed by atoms with Crippen molar-refractivity contribution in [2.75, 3.05) is 26.7 Å². The highest BCUT2D eigenvalue weighted by atomic mass is 35.5. The van der Waals surface area contributed by atoms with Crippen LogP contribution in [0.25, 0.3) is 0 Å². The number of nitrogens with zero attached hydrogens (tertiary/aromatic N) is 1. The van der Waals surface area contributed by atoms with Gasteiger partial charge in [0.2, 0.25) is 5.91 Å². The highest BCUT2D eigenvalue weighted by molar-refractivity contribution is 6.30. The van der Waals surface area contributed by atoms with Crippen LogP contribution in [0.4, 0.5) is 0 Å². The Morgan fingerprint density at radius 3 is 2.48 bits per heavy atom. The van der Waals surface area contributed by atoms with Crippen LogP contribution in [0.1, 0.15) is 20.8 Å². The summed E-state index contributed by atoms with van der Waals surface area (Å²) in [5.74, 6) is 1.27. The molecule has 0 aliphatic carbocycles. The molecule has 0 fully saturated rings. The number of carbonyl (C=O) groups excluding carboxylic acids is 1. The first-order valence-electron chi connectivity index (χ1n) is 7.24. The van der Waals surface area contributed by atoms with Gasteiger partial charge in [0.05, 0.1) is 6.54 Å². The normalized spacial score (nSPS) is 12.5. The van der Waals surface area contributed by atoms with Gasteiger partial charge < -0.3 is 10.1 Å². The summed E-state index contributed by atoms with van der Waals surface area (Å²) in [4.78, 5) is 13.8. The predicted molar refractivity (Wildman–Crippen MR) is 86.9 cm³/mol. The summed E-state index contributed by atoms with van der Waals surface area (Å²) in [6.07, 6.45) is 0. The molecule has 4 nitrogen and oxygen atoms in total. The van der Waals surface area contributed by atoms with E-state index >= 15 is 0 Å². The summed E-state index contributed by atoms with van der Waals surface area (Å²) >= 11 is 5.81. The summed E-state index contributed by atoms with van der Waals surface area (Å²) in [5.41, 5.74) is 0. The maximum Gasteiger partial charge on any atom is 0.234 e. The van der Waals surface area contributed by atoms with Crippen molar-refractivity contribution in [3.8, 4) is 5.75 Å². The minimum absolute atomic E-state index is 0.0465. The number of benzene rings is 1.